The lowest BCUT2D eigenvalue weighted by atomic mass is 10.2. The highest BCUT2D eigenvalue weighted by Gasteiger charge is 2.28. The third-order valence-electron chi connectivity index (χ3n) is 3.00. The predicted octanol–water partition coefficient (Wildman–Crippen LogP) is 1.62. The number of imide groups is 1. The first-order chi connectivity index (χ1) is 11.1. The molecular weight excluding hydrogens is 302 g/mol. The Morgan fingerprint density at radius 1 is 1.30 bits per heavy atom. The van der Waals surface area contributed by atoms with Crippen LogP contribution >= 0.6 is 0 Å². The van der Waals surface area contributed by atoms with Gasteiger partial charge >= 0.3 is 12.1 Å². The lowest BCUT2D eigenvalue weighted by molar-refractivity contribution is -0.146. The van der Waals surface area contributed by atoms with Crippen molar-refractivity contribution in [2.24, 2.45) is 0 Å². The molecule has 1 aromatic rings. The Labute approximate surface area is 133 Å². The van der Waals surface area contributed by atoms with Gasteiger partial charge < -0.3 is 14.2 Å². The van der Waals surface area contributed by atoms with Gasteiger partial charge in [-0.05, 0) is 30.7 Å². The molecule has 122 valence electrons. The standard InChI is InChI=1S/C16H17NO6/c1-2-21-13-6-3-12(4-7-13)5-8-15(19)23-11-14(18)17-9-10-22-16(17)20/h3-8H,2,9-11H2,1H3/b8-5+. The molecular formula is C16H17NO6. The molecule has 0 aliphatic carbocycles. The van der Waals surface area contributed by atoms with E-state index in [0.717, 1.165) is 16.2 Å². The second-order valence-electron chi connectivity index (χ2n) is 4.60. The molecule has 0 saturated carbocycles. The molecule has 1 saturated heterocycles. The molecule has 0 aromatic heterocycles. The summed E-state index contributed by atoms with van der Waals surface area (Å²) in [5, 5.41) is 0. The molecule has 0 spiro atoms. The first kappa shape index (κ1) is 16.5. The molecule has 1 aliphatic rings. The highest BCUT2D eigenvalue weighted by molar-refractivity contribution is 5.95. The molecule has 0 atom stereocenters. The zero-order chi connectivity index (χ0) is 16.7. The van der Waals surface area contributed by atoms with E-state index in [9.17, 15) is 14.4 Å². The SMILES string of the molecule is CCOc1ccc(/C=C/C(=O)OCC(=O)N2CCOC2=O)cc1. The van der Waals surface area contributed by atoms with Crippen LogP contribution in [0.1, 0.15) is 12.5 Å². The molecule has 7 nitrogen and oxygen atoms in total. The highest BCUT2D eigenvalue weighted by Crippen LogP contribution is 2.13. The van der Waals surface area contributed by atoms with Crippen LogP contribution in [0.3, 0.4) is 0 Å². The number of carbonyl (C=O) groups excluding carboxylic acids is 3. The highest BCUT2D eigenvalue weighted by atomic mass is 16.6. The van der Waals surface area contributed by atoms with Crippen LogP contribution in [-0.4, -0.2) is 49.2 Å². The normalized spacial score (nSPS) is 14.0. The van der Waals surface area contributed by atoms with Gasteiger partial charge in [0, 0.05) is 6.08 Å². The molecule has 0 radical (unpaired) electrons. The first-order valence-corrected chi connectivity index (χ1v) is 7.15. The predicted molar refractivity (Wildman–Crippen MR) is 80.7 cm³/mol. The van der Waals surface area contributed by atoms with E-state index in [1.54, 1.807) is 30.3 Å². The fourth-order valence-corrected chi connectivity index (χ4v) is 1.88. The number of carbonyl (C=O) groups is 3. The summed E-state index contributed by atoms with van der Waals surface area (Å²) in [6.07, 6.45) is 2.06. The van der Waals surface area contributed by atoms with Crippen LogP contribution in [0.25, 0.3) is 6.08 Å². The van der Waals surface area contributed by atoms with Crippen LogP contribution in [0.2, 0.25) is 0 Å². The maximum absolute atomic E-state index is 11.6. The molecule has 1 aromatic carbocycles. The van der Waals surface area contributed by atoms with E-state index in [0.29, 0.717) is 6.61 Å². The van der Waals surface area contributed by atoms with Gasteiger partial charge in [0.25, 0.3) is 5.91 Å². The largest absolute Gasteiger partial charge is 0.494 e. The van der Waals surface area contributed by atoms with Crippen LogP contribution in [0.4, 0.5) is 4.79 Å². The number of esters is 1. The van der Waals surface area contributed by atoms with Crippen molar-refractivity contribution in [2.45, 2.75) is 6.92 Å². The van der Waals surface area contributed by atoms with Crippen LogP contribution in [0.5, 0.6) is 5.75 Å². The van der Waals surface area contributed by atoms with E-state index in [2.05, 4.69) is 4.74 Å². The molecule has 7 heteroatoms. The van der Waals surface area contributed by atoms with Gasteiger partial charge in [-0.2, -0.15) is 0 Å². The lowest BCUT2D eigenvalue weighted by Crippen LogP contribution is -2.35. The minimum Gasteiger partial charge on any atom is -0.494 e. The fourth-order valence-electron chi connectivity index (χ4n) is 1.88. The van der Waals surface area contributed by atoms with E-state index >= 15 is 0 Å². The Hall–Kier alpha value is -2.83. The lowest BCUT2D eigenvalue weighted by Gasteiger charge is -2.09. The van der Waals surface area contributed by atoms with Crippen LogP contribution in [-0.2, 0) is 19.1 Å². The maximum atomic E-state index is 11.6. The van der Waals surface area contributed by atoms with Crippen molar-refractivity contribution < 1.29 is 28.6 Å². The summed E-state index contributed by atoms with van der Waals surface area (Å²) in [6.45, 7) is 2.32. The number of hydrogen-bond donors (Lipinski definition) is 0. The quantitative estimate of drug-likeness (QED) is 0.585. The average Bonchev–Trinajstić information content (AvgIpc) is 2.98. The van der Waals surface area contributed by atoms with Gasteiger partial charge in [0.15, 0.2) is 6.61 Å². The molecule has 1 heterocycles. The zero-order valence-corrected chi connectivity index (χ0v) is 12.7. The van der Waals surface area contributed by atoms with E-state index in [-0.39, 0.29) is 13.2 Å². The van der Waals surface area contributed by atoms with Gasteiger partial charge in [-0.3, -0.25) is 4.79 Å². The molecule has 1 aliphatic heterocycles. The number of cyclic esters (lactones) is 1. The number of rotatable bonds is 6. The molecule has 0 unspecified atom stereocenters. The van der Waals surface area contributed by atoms with Crippen LogP contribution < -0.4 is 4.74 Å². The Bertz CT molecular complexity index is 608. The van der Waals surface area contributed by atoms with E-state index in [4.69, 9.17) is 9.47 Å². The number of amides is 2. The van der Waals surface area contributed by atoms with Crippen molar-refractivity contribution in [1.82, 2.24) is 4.90 Å². The molecule has 0 N–H and O–H groups in total. The monoisotopic (exact) mass is 319 g/mol. The van der Waals surface area contributed by atoms with Gasteiger partial charge in [-0.25, -0.2) is 14.5 Å². The van der Waals surface area contributed by atoms with E-state index in [1.165, 1.54) is 6.08 Å². The van der Waals surface area contributed by atoms with Gasteiger partial charge in [0.2, 0.25) is 0 Å². The Morgan fingerprint density at radius 3 is 2.65 bits per heavy atom. The summed E-state index contributed by atoms with van der Waals surface area (Å²) in [7, 11) is 0. The Kier molecular flexibility index (Phi) is 5.74. The maximum Gasteiger partial charge on any atom is 0.416 e. The van der Waals surface area contributed by atoms with Gasteiger partial charge in [0.05, 0.1) is 13.2 Å². The Balaban J connectivity index is 1.79. The Morgan fingerprint density at radius 2 is 2.04 bits per heavy atom. The summed E-state index contributed by atoms with van der Waals surface area (Å²) < 4.78 is 14.7. The minimum absolute atomic E-state index is 0.163. The van der Waals surface area contributed by atoms with E-state index in [1.807, 2.05) is 6.92 Å². The van der Waals surface area contributed by atoms with Crippen LogP contribution in [0.15, 0.2) is 30.3 Å². The number of ether oxygens (including phenoxy) is 3. The minimum atomic E-state index is -0.712. The second kappa shape index (κ2) is 7.98. The molecule has 2 amide bonds. The topological polar surface area (TPSA) is 82.1 Å². The molecule has 0 bridgehead atoms. The van der Waals surface area contributed by atoms with Crippen molar-refractivity contribution >= 4 is 24.0 Å². The van der Waals surface area contributed by atoms with Crippen molar-refractivity contribution in [2.75, 3.05) is 26.4 Å². The van der Waals surface area contributed by atoms with Gasteiger partial charge in [-0.15, -0.1) is 0 Å². The summed E-state index contributed by atoms with van der Waals surface area (Å²) >= 11 is 0. The molecule has 2 rings (SSSR count). The molecule has 23 heavy (non-hydrogen) atoms. The summed E-state index contributed by atoms with van der Waals surface area (Å²) in [6, 6.07) is 7.16. The number of benzene rings is 1. The summed E-state index contributed by atoms with van der Waals surface area (Å²) in [4.78, 5) is 35.3. The summed E-state index contributed by atoms with van der Waals surface area (Å²) in [5.41, 5.74) is 0.792. The van der Waals surface area contributed by atoms with Crippen LogP contribution in [0, 0.1) is 0 Å². The van der Waals surface area contributed by atoms with Gasteiger partial charge in [-0.1, -0.05) is 12.1 Å². The average molecular weight is 319 g/mol. The van der Waals surface area contributed by atoms with E-state index < -0.39 is 24.6 Å². The third-order valence-corrected chi connectivity index (χ3v) is 3.00. The third kappa shape index (κ3) is 4.84. The second-order valence-corrected chi connectivity index (χ2v) is 4.60. The van der Waals surface area contributed by atoms with Crippen molar-refractivity contribution in [1.29, 1.82) is 0 Å². The first-order valence-electron chi connectivity index (χ1n) is 7.15. The number of nitrogens with zero attached hydrogens (tertiary/aromatic N) is 1. The van der Waals surface area contributed by atoms with Crippen molar-refractivity contribution in [3.05, 3.63) is 35.9 Å². The van der Waals surface area contributed by atoms with Gasteiger partial charge in [0.1, 0.15) is 12.4 Å². The van der Waals surface area contributed by atoms with Crippen molar-refractivity contribution in [3.63, 3.8) is 0 Å². The molecule has 1 fully saturated rings. The summed E-state index contributed by atoms with van der Waals surface area (Å²) in [5.74, 6) is -0.523. The zero-order valence-electron chi connectivity index (χ0n) is 12.7. The van der Waals surface area contributed by atoms with Crippen molar-refractivity contribution in [3.8, 4) is 5.75 Å². The number of hydrogen-bond acceptors (Lipinski definition) is 6. The smallest absolute Gasteiger partial charge is 0.416 e. The fraction of sp³-hybridized carbons (Fsp3) is 0.312.